The van der Waals surface area contributed by atoms with Gasteiger partial charge in [-0.2, -0.15) is 0 Å². The van der Waals surface area contributed by atoms with Crippen LogP contribution in [0.2, 0.25) is 0 Å². The van der Waals surface area contributed by atoms with Crippen LogP contribution in [-0.4, -0.2) is 16.0 Å². The van der Waals surface area contributed by atoms with Crippen molar-refractivity contribution in [3.05, 3.63) is 102 Å². The van der Waals surface area contributed by atoms with Gasteiger partial charge < -0.3 is 20.7 Å². The maximum Gasteiger partial charge on any atom is 0.255 e. The van der Waals surface area contributed by atoms with Crippen LogP contribution in [0, 0.1) is 0 Å². The van der Waals surface area contributed by atoms with Gasteiger partial charge >= 0.3 is 0 Å². The van der Waals surface area contributed by atoms with Crippen LogP contribution in [0.5, 0.6) is 5.75 Å². The molecule has 1 atom stereocenters. The van der Waals surface area contributed by atoms with E-state index in [0.29, 0.717) is 28.7 Å². The first-order chi connectivity index (χ1) is 15.1. The zero-order chi connectivity index (χ0) is 21.6. The topological polar surface area (TPSA) is 75.3 Å². The molecule has 2 heterocycles. The summed E-state index contributed by atoms with van der Waals surface area (Å²) in [6.07, 6.45) is 3.27. The highest BCUT2D eigenvalue weighted by Gasteiger charge is 2.30. The molecule has 0 bridgehead atoms. The van der Waals surface area contributed by atoms with Crippen molar-refractivity contribution in [2.24, 2.45) is 0 Å². The molecule has 0 saturated heterocycles. The quantitative estimate of drug-likeness (QED) is 0.512. The number of allylic oxidation sites excluding steroid dienone is 1. The first kappa shape index (κ1) is 20.6. The van der Waals surface area contributed by atoms with Gasteiger partial charge in [-0.3, -0.25) is 9.78 Å². The normalized spacial score (nSPS) is 15.6. The van der Waals surface area contributed by atoms with E-state index in [0.717, 1.165) is 16.9 Å². The molecule has 0 fully saturated rings. The number of carbonyl (C=O) groups is 1. The van der Waals surface area contributed by atoms with Crippen LogP contribution < -0.4 is 20.7 Å². The third-order valence-corrected chi connectivity index (χ3v) is 5.09. The van der Waals surface area contributed by atoms with Crippen molar-refractivity contribution in [3.8, 4) is 5.75 Å². The molecule has 1 aliphatic rings. The number of nitrogens with one attached hydrogen (secondary N) is 3. The lowest BCUT2D eigenvalue weighted by Gasteiger charge is -2.30. The third kappa shape index (κ3) is 5.07. The predicted octanol–water partition coefficient (Wildman–Crippen LogP) is 4.09. The Morgan fingerprint density at radius 3 is 2.74 bits per heavy atom. The van der Waals surface area contributed by atoms with Crippen molar-refractivity contribution in [1.29, 1.82) is 0 Å². The lowest BCUT2D eigenvalue weighted by Crippen LogP contribution is -2.45. The van der Waals surface area contributed by atoms with E-state index >= 15 is 0 Å². The average molecular weight is 431 g/mol. The molecule has 7 heteroatoms. The Morgan fingerprint density at radius 1 is 1.13 bits per heavy atom. The molecule has 1 amide bonds. The number of hydrogen-bond acceptors (Lipinski definition) is 4. The molecular formula is C24H22N4O2S. The van der Waals surface area contributed by atoms with E-state index in [-0.39, 0.29) is 5.91 Å². The molecule has 0 aliphatic carbocycles. The van der Waals surface area contributed by atoms with Crippen molar-refractivity contribution in [1.82, 2.24) is 15.6 Å². The van der Waals surface area contributed by atoms with Crippen LogP contribution in [0.3, 0.4) is 0 Å². The van der Waals surface area contributed by atoms with Crippen LogP contribution in [0.25, 0.3) is 0 Å². The number of nitrogens with zero attached hydrogens (tertiary/aromatic N) is 1. The van der Waals surface area contributed by atoms with Gasteiger partial charge in [0.05, 0.1) is 23.5 Å². The minimum atomic E-state index is -0.411. The van der Waals surface area contributed by atoms with Gasteiger partial charge in [-0.15, -0.1) is 0 Å². The summed E-state index contributed by atoms with van der Waals surface area (Å²) in [5.41, 5.74) is 3.84. The molecule has 31 heavy (non-hydrogen) atoms. The maximum absolute atomic E-state index is 13.1. The van der Waals surface area contributed by atoms with E-state index in [1.54, 1.807) is 24.5 Å². The summed E-state index contributed by atoms with van der Waals surface area (Å²) in [6.45, 7) is 2.31. The van der Waals surface area contributed by atoms with Gasteiger partial charge in [0.25, 0.3) is 5.91 Å². The Labute approximate surface area is 186 Å². The van der Waals surface area contributed by atoms with E-state index in [4.69, 9.17) is 17.0 Å². The van der Waals surface area contributed by atoms with Crippen LogP contribution in [0.1, 0.15) is 24.1 Å². The molecule has 0 radical (unpaired) electrons. The third-order valence-electron chi connectivity index (χ3n) is 4.87. The van der Waals surface area contributed by atoms with E-state index in [1.165, 1.54) is 0 Å². The lowest BCUT2D eigenvalue weighted by molar-refractivity contribution is -0.113. The van der Waals surface area contributed by atoms with Crippen molar-refractivity contribution < 1.29 is 9.53 Å². The Hall–Kier alpha value is -3.71. The van der Waals surface area contributed by atoms with Crippen LogP contribution in [-0.2, 0) is 11.4 Å². The lowest BCUT2D eigenvalue weighted by atomic mass is 9.94. The van der Waals surface area contributed by atoms with Crippen LogP contribution in [0.15, 0.2) is 90.4 Å². The second kappa shape index (κ2) is 9.40. The first-order valence-corrected chi connectivity index (χ1v) is 10.3. The molecular weight excluding hydrogens is 408 g/mol. The highest BCUT2D eigenvalue weighted by molar-refractivity contribution is 7.80. The van der Waals surface area contributed by atoms with Gasteiger partial charge in [0, 0.05) is 11.9 Å². The summed E-state index contributed by atoms with van der Waals surface area (Å²) in [6, 6.07) is 20.8. The molecule has 6 nitrogen and oxygen atoms in total. The predicted molar refractivity (Wildman–Crippen MR) is 124 cm³/mol. The number of pyridine rings is 1. The zero-order valence-corrected chi connectivity index (χ0v) is 17.8. The van der Waals surface area contributed by atoms with Gasteiger partial charge in [0.1, 0.15) is 12.4 Å². The second-order valence-corrected chi connectivity index (χ2v) is 7.52. The standard InChI is InChI=1S/C24H22N4O2S/c1-16-21(23(29)27-19-10-6-12-25-14-19)22(28-24(31)26-16)18-9-5-11-20(13-18)30-15-17-7-3-2-4-8-17/h2-14,22H,15H2,1H3,(H,27,29)(H2,26,28,31). The number of anilines is 1. The largest absolute Gasteiger partial charge is 0.489 e. The van der Waals surface area contributed by atoms with Gasteiger partial charge in [0.2, 0.25) is 0 Å². The SMILES string of the molecule is CC1=C(C(=O)Nc2cccnc2)C(c2cccc(OCc3ccccc3)c2)NC(=S)N1. The Bertz CT molecular complexity index is 1120. The van der Waals surface area contributed by atoms with Crippen molar-refractivity contribution in [2.45, 2.75) is 19.6 Å². The fourth-order valence-corrected chi connectivity index (χ4v) is 3.68. The van der Waals surface area contributed by atoms with E-state index < -0.39 is 6.04 Å². The molecule has 156 valence electrons. The number of rotatable bonds is 6. The Balaban J connectivity index is 1.58. The summed E-state index contributed by atoms with van der Waals surface area (Å²) in [5, 5.41) is 9.63. The number of benzene rings is 2. The Morgan fingerprint density at radius 2 is 1.97 bits per heavy atom. The van der Waals surface area contributed by atoms with E-state index in [9.17, 15) is 4.79 Å². The number of thiocarbonyl (C=S) groups is 1. The monoisotopic (exact) mass is 430 g/mol. The molecule has 2 aromatic carbocycles. The highest BCUT2D eigenvalue weighted by atomic mass is 32.1. The Kier molecular flexibility index (Phi) is 6.24. The minimum Gasteiger partial charge on any atom is -0.489 e. The van der Waals surface area contributed by atoms with E-state index in [1.807, 2.05) is 61.5 Å². The molecule has 0 spiro atoms. The van der Waals surface area contributed by atoms with Gasteiger partial charge in [0.15, 0.2) is 5.11 Å². The molecule has 1 unspecified atom stereocenters. The van der Waals surface area contributed by atoms with E-state index in [2.05, 4.69) is 20.9 Å². The van der Waals surface area contributed by atoms with Crippen LogP contribution >= 0.6 is 12.2 Å². The smallest absolute Gasteiger partial charge is 0.255 e. The van der Waals surface area contributed by atoms with Crippen molar-refractivity contribution in [3.63, 3.8) is 0 Å². The molecule has 1 aliphatic heterocycles. The van der Waals surface area contributed by atoms with Crippen molar-refractivity contribution >= 4 is 28.9 Å². The first-order valence-electron chi connectivity index (χ1n) is 9.86. The summed E-state index contributed by atoms with van der Waals surface area (Å²) < 4.78 is 5.97. The average Bonchev–Trinajstić information content (AvgIpc) is 2.78. The molecule has 4 rings (SSSR count). The summed E-state index contributed by atoms with van der Waals surface area (Å²) >= 11 is 5.35. The second-order valence-electron chi connectivity index (χ2n) is 7.11. The summed E-state index contributed by atoms with van der Waals surface area (Å²) in [5.74, 6) is 0.492. The van der Waals surface area contributed by atoms with Gasteiger partial charge in [-0.25, -0.2) is 0 Å². The summed E-state index contributed by atoms with van der Waals surface area (Å²) in [7, 11) is 0. The maximum atomic E-state index is 13.1. The molecule has 3 N–H and O–H groups in total. The number of ether oxygens (including phenoxy) is 1. The minimum absolute atomic E-state index is 0.228. The van der Waals surface area contributed by atoms with Gasteiger partial charge in [-0.05, 0) is 54.5 Å². The fourth-order valence-electron chi connectivity index (χ4n) is 3.40. The number of carbonyl (C=O) groups excluding carboxylic acids is 1. The van der Waals surface area contributed by atoms with Crippen LogP contribution in [0.4, 0.5) is 5.69 Å². The molecule has 0 saturated carbocycles. The fraction of sp³-hybridized carbons (Fsp3) is 0.125. The molecule has 1 aromatic heterocycles. The molecule has 3 aromatic rings. The number of amides is 1. The van der Waals surface area contributed by atoms with Crippen molar-refractivity contribution in [2.75, 3.05) is 5.32 Å². The summed E-state index contributed by atoms with van der Waals surface area (Å²) in [4.78, 5) is 17.2. The van der Waals surface area contributed by atoms with Gasteiger partial charge in [-0.1, -0.05) is 42.5 Å². The number of aromatic nitrogens is 1. The number of hydrogen-bond donors (Lipinski definition) is 3. The highest BCUT2D eigenvalue weighted by Crippen LogP contribution is 2.30. The zero-order valence-electron chi connectivity index (χ0n) is 17.0.